The number of nitrogens with zero attached hydrogens (tertiary/aromatic N) is 4. The summed E-state index contributed by atoms with van der Waals surface area (Å²) in [6, 6.07) is 0. The van der Waals surface area contributed by atoms with Crippen molar-refractivity contribution in [1.29, 1.82) is 0 Å². The molecule has 0 spiro atoms. The van der Waals surface area contributed by atoms with Crippen LogP contribution in [0.1, 0.15) is 6.23 Å². The Morgan fingerprint density at radius 3 is 2.79 bits per heavy atom. The van der Waals surface area contributed by atoms with Crippen LogP contribution in [0, 0.1) is 0 Å². The van der Waals surface area contributed by atoms with Gasteiger partial charge in [-0.25, -0.2) is 15.0 Å². The van der Waals surface area contributed by atoms with Gasteiger partial charge in [-0.2, -0.15) is 0 Å². The summed E-state index contributed by atoms with van der Waals surface area (Å²) in [6.07, 6.45) is -0.882. The van der Waals surface area contributed by atoms with Crippen molar-refractivity contribution in [3.8, 4) is 0 Å². The number of aliphatic hydroxyl groups is 2. The van der Waals surface area contributed by atoms with Crippen LogP contribution in [0.2, 0.25) is 0 Å². The first-order valence-corrected chi connectivity index (χ1v) is 6.17. The third-order valence-corrected chi connectivity index (χ3v) is 3.45. The molecule has 0 amide bonds. The van der Waals surface area contributed by atoms with Crippen LogP contribution in [0.5, 0.6) is 0 Å². The first kappa shape index (κ1) is 12.5. The topological polar surface area (TPSA) is 119 Å². The summed E-state index contributed by atoms with van der Waals surface area (Å²) in [6.45, 7) is 0. The number of nitrogens with two attached hydrogens (primary N) is 1. The summed E-state index contributed by atoms with van der Waals surface area (Å²) < 4.78 is 7.03. The number of hydrogen-bond donors (Lipinski definition) is 3. The van der Waals surface area contributed by atoms with Gasteiger partial charge < -0.3 is 20.7 Å². The van der Waals surface area contributed by atoms with Crippen molar-refractivity contribution in [2.75, 3.05) is 11.6 Å². The predicted octanol–water partition coefficient (Wildman–Crippen LogP) is -0.734. The second-order valence-corrected chi connectivity index (χ2v) is 4.59. The van der Waals surface area contributed by atoms with E-state index < -0.39 is 24.5 Å². The minimum absolute atomic E-state index is 0.0818. The van der Waals surface area contributed by atoms with E-state index in [4.69, 9.17) is 22.1 Å². The lowest BCUT2D eigenvalue weighted by molar-refractivity contribution is -0.0291. The molecule has 0 aliphatic carbocycles. The van der Waals surface area contributed by atoms with Gasteiger partial charge in [0.25, 0.3) is 0 Å². The Hall–Kier alpha value is -1.48. The van der Waals surface area contributed by atoms with Crippen molar-refractivity contribution in [2.45, 2.75) is 24.5 Å². The zero-order chi connectivity index (χ0) is 13.6. The SMILES string of the molecule is Nc1ncnc2c1ncn2C1OC(CCl)[C@H](O)C1O. The maximum absolute atomic E-state index is 10.0. The van der Waals surface area contributed by atoms with Crippen LogP contribution in [-0.4, -0.2) is 53.9 Å². The average molecular weight is 286 g/mol. The minimum Gasteiger partial charge on any atom is -0.387 e. The summed E-state index contributed by atoms with van der Waals surface area (Å²) in [4.78, 5) is 12.0. The van der Waals surface area contributed by atoms with E-state index in [1.165, 1.54) is 17.2 Å². The van der Waals surface area contributed by atoms with Crippen molar-refractivity contribution in [3.05, 3.63) is 12.7 Å². The van der Waals surface area contributed by atoms with Gasteiger partial charge in [-0.3, -0.25) is 4.57 Å². The molecule has 8 nitrogen and oxygen atoms in total. The summed E-state index contributed by atoms with van der Waals surface area (Å²) in [5.74, 6) is 0.323. The number of nitrogen functional groups attached to an aromatic ring is 1. The molecule has 0 bridgehead atoms. The third kappa shape index (κ3) is 1.84. The van der Waals surface area contributed by atoms with E-state index >= 15 is 0 Å². The number of anilines is 1. The third-order valence-electron chi connectivity index (χ3n) is 3.15. The highest BCUT2D eigenvalue weighted by atomic mass is 35.5. The van der Waals surface area contributed by atoms with Gasteiger partial charge in [0, 0.05) is 0 Å². The molecule has 19 heavy (non-hydrogen) atoms. The smallest absolute Gasteiger partial charge is 0.167 e. The van der Waals surface area contributed by atoms with Crippen molar-refractivity contribution in [3.63, 3.8) is 0 Å². The number of hydrogen-bond acceptors (Lipinski definition) is 7. The Morgan fingerprint density at radius 1 is 1.32 bits per heavy atom. The normalized spacial score (nSPS) is 31.1. The Bertz CT molecular complexity index is 606. The number of rotatable bonds is 2. The molecule has 9 heteroatoms. The largest absolute Gasteiger partial charge is 0.387 e. The number of aliphatic hydroxyl groups excluding tert-OH is 2. The highest BCUT2D eigenvalue weighted by Crippen LogP contribution is 2.32. The van der Waals surface area contributed by atoms with Crippen LogP contribution < -0.4 is 5.73 Å². The van der Waals surface area contributed by atoms with Crippen LogP contribution in [0.3, 0.4) is 0 Å². The molecule has 3 rings (SSSR count). The maximum Gasteiger partial charge on any atom is 0.167 e. The molecule has 1 aliphatic rings. The van der Waals surface area contributed by atoms with Crippen molar-refractivity contribution < 1.29 is 14.9 Å². The van der Waals surface area contributed by atoms with Crippen molar-refractivity contribution in [1.82, 2.24) is 19.5 Å². The number of halogens is 1. The van der Waals surface area contributed by atoms with E-state index in [0.29, 0.717) is 11.2 Å². The molecule has 0 aromatic carbocycles. The highest BCUT2D eigenvalue weighted by Gasteiger charge is 2.43. The van der Waals surface area contributed by atoms with Crippen molar-refractivity contribution in [2.24, 2.45) is 0 Å². The van der Waals surface area contributed by atoms with Gasteiger partial charge in [-0.05, 0) is 0 Å². The van der Waals surface area contributed by atoms with E-state index in [9.17, 15) is 10.2 Å². The van der Waals surface area contributed by atoms with Gasteiger partial charge in [0.05, 0.1) is 12.2 Å². The molecular weight excluding hydrogens is 274 g/mol. The molecule has 4 N–H and O–H groups in total. The average Bonchev–Trinajstić information content (AvgIpc) is 2.94. The Labute approximate surface area is 112 Å². The molecule has 0 radical (unpaired) electrons. The van der Waals surface area contributed by atoms with Gasteiger partial charge in [-0.15, -0.1) is 11.6 Å². The number of aromatic nitrogens is 4. The number of ether oxygens (including phenoxy) is 1. The first-order valence-electron chi connectivity index (χ1n) is 5.64. The zero-order valence-electron chi connectivity index (χ0n) is 9.72. The molecule has 4 atom stereocenters. The quantitative estimate of drug-likeness (QED) is 0.622. The second-order valence-electron chi connectivity index (χ2n) is 4.28. The highest BCUT2D eigenvalue weighted by molar-refractivity contribution is 6.18. The molecule has 2 aromatic rings. The van der Waals surface area contributed by atoms with Crippen LogP contribution >= 0.6 is 11.6 Å². The van der Waals surface area contributed by atoms with Crippen LogP contribution in [-0.2, 0) is 4.74 Å². The predicted molar refractivity (Wildman–Crippen MR) is 66.4 cm³/mol. The van der Waals surface area contributed by atoms with Crippen LogP contribution in [0.25, 0.3) is 11.2 Å². The van der Waals surface area contributed by atoms with E-state index in [1.54, 1.807) is 0 Å². The summed E-state index contributed by atoms with van der Waals surface area (Å²) >= 11 is 5.67. The van der Waals surface area contributed by atoms with E-state index in [0.717, 1.165) is 0 Å². The maximum atomic E-state index is 10.0. The van der Waals surface area contributed by atoms with Crippen LogP contribution in [0.15, 0.2) is 12.7 Å². The lowest BCUT2D eigenvalue weighted by Crippen LogP contribution is -2.32. The fraction of sp³-hybridized carbons (Fsp3) is 0.500. The summed E-state index contributed by atoms with van der Waals surface area (Å²) in [5.41, 5.74) is 6.53. The monoisotopic (exact) mass is 285 g/mol. The number of imidazole rings is 1. The molecule has 1 saturated heterocycles. The molecular formula is C10H12ClN5O3. The van der Waals surface area contributed by atoms with Crippen LogP contribution in [0.4, 0.5) is 5.82 Å². The Kier molecular flexibility index (Phi) is 3.02. The number of fused-ring (bicyclic) bond motifs is 1. The molecule has 0 saturated carbocycles. The number of alkyl halides is 1. The first-order chi connectivity index (χ1) is 9.13. The van der Waals surface area contributed by atoms with Gasteiger partial charge in [-0.1, -0.05) is 0 Å². The van der Waals surface area contributed by atoms with E-state index in [-0.39, 0.29) is 11.7 Å². The Balaban J connectivity index is 2.04. The summed E-state index contributed by atoms with van der Waals surface area (Å²) in [7, 11) is 0. The van der Waals surface area contributed by atoms with Gasteiger partial charge in [0.15, 0.2) is 17.7 Å². The van der Waals surface area contributed by atoms with Gasteiger partial charge >= 0.3 is 0 Å². The molecule has 2 aromatic heterocycles. The molecule has 1 fully saturated rings. The standard InChI is InChI=1S/C10H12ClN5O3/c11-1-4-6(17)7(18)10(19-4)16-3-15-5-8(12)13-2-14-9(5)16/h2-4,6-7,10,17-18H,1H2,(H2,12,13,14)/t4?,6-,7?,10?/m0/s1. The molecule has 3 unspecified atom stereocenters. The Morgan fingerprint density at radius 2 is 2.11 bits per heavy atom. The van der Waals surface area contributed by atoms with Gasteiger partial charge in [0.1, 0.15) is 30.2 Å². The fourth-order valence-electron chi connectivity index (χ4n) is 2.14. The fourth-order valence-corrected chi connectivity index (χ4v) is 2.40. The lowest BCUT2D eigenvalue weighted by Gasteiger charge is -2.16. The van der Waals surface area contributed by atoms with E-state index in [2.05, 4.69) is 15.0 Å². The molecule has 102 valence electrons. The summed E-state index contributed by atoms with van der Waals surface area (Å²) in [5, 5.41) is 19.8. The molecule has 3 heterocycles. The van der Waals surface area contributed by atoms with E-state index in [1.807, 2.05) is 0 Å². The molecule has 1 aliphatic heterocycles. The van der Waals surface area contributed by atoms with Crippen molar-refractivity contribution >= 4 is 28.6 Å². The minimum atomic E-state index is -1.11. The van der Waals surface area contributed by atoms with Gasteiger partial charge in [0.2, 0.25) is 0 Å². The zero-order valence-corrected chi connectivity index (χ0v) is 10.5. The lowest BCUT2D eigenvalue weighted by atomic mass is 10.1. The second kappa shape index (κ2) is 4.57.